The van der Waals surface area contributed by atoms with E-state index in [4.69, 9.17) is 11.6 Å². The maximum absolute atomic E-state index is 5.97. The molecular formula is C12H14ClN3. The molecule has 84 valence electrons. The quantitative estimate of drug-likeness (QED) is 0.798. The summed E-state index contributed by atoms with van der Waals surface area (Å²) in [5, 5.41) is 0.739. The van der Waals surface area contributed by atoms with Crippen LogP contribution in [0.15, 0.2) is 30.5 Å². The SMILES string of the molecule is Cc1ncc(N(C)c2cccc(Cl)c2)n1C. The van der Waals surface area contributed by atoms with Gasteiger partial charge in [0.25, 0.3) is 0 Å². The minimum absolute atomic E-state index is 0.739. The molecular weight excluding hydrogens is 222 g/mol. The summed E-state index contributed by atoms with van der Waals surface area (Å²) in [5.41, 5.74) is 1.05. The second-order valence-electron chi connectivity index (χ2n) is 3.76. The van der Waals surface area contributed by atoms with Gasteiger partial charge in [-0.15, -0.1) is 0 Å². The molecule has 0 saturated heterocycles. The van der Waals surface area contributed by atoms with Gasteiger partial charge in [-0.2, -0.15) is 0 Å². The predicted molar refractivity (Wildman–Crippen MR) is 67.5 cm³/mol. The van der Waals surface area contributed by atoms with Gasteiger partial charge in [0.2, 0.25) is 0 Å². The average molecular weight is 236 g/mol. The highest BCUT2D eigenvalue weighted by Crippen LogP contribution is 2.25. The number of benzene rings is 1. The fourth-order valence-electron chi connectivity index (χ4n) is 1.62. The topological polar surface area (TPSA) is 21.1 Å². The Kier molecular flexibility index (Phi) is 2.88. The monoisotopic (exact) mass is 235 g/mol. The molecule has 0 aliphatic rings. The molecule has 0 saturated carbocycles. The van der Waals surface area contributed by atoms with Crippen LogP contribution in [0.3, 0.4) is 0 Å². The van der Waals surface area contributed by atoms with Gasteiger partial charge in [0.15, 0.2) is 0 Å². The predicted octanol–water partition coefficient (Wildman–Crippen LogP) is 3.15. The zero-order valence-corrected chi connectivity index (χ0v) is 10.4. The number of hydrogen-bond acceptors (Lipinski definition) is 2. The molecule has 0 atom stereocenters. The Labute approximate surface area is 100 Å². The van der Waals surface area contributed by atoms with Crippen LogP contribution in [0.1, 0.15) is 5.82 Å². The van der Waals surface area contributed by atoms with E-state index in [1.54, 1.807) is 0 Å². The maximum atomic E-state index is 5.97. The number of aryl methyl sites for hydroxylation is 1. The Hall–Kier alpha value is -1.48. The van der Waals surface area contributed by atoms with Crippen molar-refractivity contribution in [2.75, 3.05) is 11.9 Å². The molecule has 2 rings (SSSR count). The first-order valence-electron chi connectivity index (χ1n) is 5.07. The molecule has 16 heavy (non-hydrogen) atoms. The lowest BCUT2D eigenvalue weighted by Gasteiger charge is -2.19. The molecule has 0 bridgehead atoms. The van der Waals surface area contributed by atoms with Crippen molar-refractivity contribution in [3.8, 4) is 0 Å². The van der Waals surface area contributed by atoms with Crippen LogP contribution in [0, 0.1) is 6.92 Å². The van der Waals surface area contributed by atoms with Gasteiger partial charge in [0.1, 0.15) is 11.6 Å². The summed E-state index contributed by atoms with van der Waals surface area (Å²) in [6.07, 6.45) is 1.86. The van der Waals surface area contributed by atoms with Gasteiger partial charge in [-0.05, 0) is 25.1 Å². The Morgan fingerprint density at radius 3 is 2.69 bits per heavy atom. The Morgan fingerprint density at radius 2 is 2.12 bits per heavy atom. The number of nitrogens with zero attached hydrogens (tertiary/aromatic N) is 3. The van der Waals surface area contributed by atoms with Gasteiger partial charge in [0, 0.05) is 24.8 Å². The van der Waals surface area contributed by atoms with E-state index in [2.05, 4.69) is 9.88 Å². The van der Waals surface area contributed by atoms with E-state index >= 15 is 0 Å². The maximum Gasteiger partial charge on any atom is 0.132 e. The summed E-state index contributed by atoms with van der Waals surface area (Å²) in [6, 6.07) is 7.77. The molecule has 0 aliphatic heterocycles. The second kappa shape index (κ2) is 4.18. The number of halogens is 1. The molecule has 1 aromatic heterocycles. The van der Waals surface area contributed by atoms with Crippen molar-refractivity contribution in [1.82, 2.24) is 9.55 Å². The van der Waals surface area contributed by atoms with E-state index < -0.39 is 0 Å². The lowest BCUT2D eigenvalue weighted by molar-refractivity contribution is 0.845. The second-order valence-corrected chi connectivity index (χ2v) is 4.20. The Morgan fingerprint density at radius 1 is 1.38 bits per heavy atom. The van der Waals surface area contributed by atoms with Gasteiger partial charge in [-0.3, -0.25) is 0 Å². The minimum atomic E-state index is 0.739. The van der Waals surface area contributed by atoms with E-state index in [0.29, 0.717) is 0 Å². The van der Waals surface area contributed by atoms with Crippen molar-refractivity contribution in [1.29, 1.82) is 0 Å². The molecule has 0 unspecified atom stereocenters. The van der Waals surface area contributed by atoms with Gasteiger partial charge < -0.3 is 9.47 Å². The van der Waals surface area contributed by atoms with Gasteiger partial charge in [-0.1, -0.05) is 17.7 Å². The van der Waals surface area contributed by atoms with Gasteiger partial charge >= 0.3 is 0 Å². The van der Waals surface area contributed by atoms with E-state index in [1.165, 1.54) is 0 Å². The van der Waals surface area contributed by atoms with Crippen LogP contribution in [0.25, 0.3) is 0 Å². The first-order chi connectivity index (χ1) is 7.59. The van der Waals surface area contributed by atoms with Crippen LogP contribution in [0.5, 0.6) is 0 Å². The molecule has 4 heteroatoms. The minimum Gasteiger partial charge on any atom is -0.330 e. The molecule has 0 N–H and O–H groups in total. The van der Waals surface area contributed by atoms with Crippen molar-refractivity contribution < 1.29 is 0 Å². The van der Waals surface area contributed by atoms with Crippen LogP contribution in [-0.2, 0) is 7.05 Å². The number of imidazole rings is 1. The van der Waals surface area contributed by atoms with E-state index in [1.807, 2.05) is 56.0 Å². The molecule has 0 aliphatic carbocycles. The Balaban J connectivity index is 2.39. The van der Waals surface area contributed by atoms with Crippen molar-refractivity contribution in [3.05, 3.63) is 41.3 Å². The van der Waals surface area contributed by atoms with Gasteiger partial charge in [0.05, 0.1) is 6.20 Å². The molecule has 3 nitrogen and oxygen atoms in total. The van der Waals surface area contributed by atoms with Crippen molar-refractivity contribution in [3.63, 3.8) is 0 Å². The van der Waals surface area contributed by atoms with Crippen LogP contribution in [0.4, 0.5) is 11.5 Å². The van der Waals surface area contributed by atoms with Crippen molar-refractivity contribution in [2.45, 2.75) is 6.92 Å². The van der Waals surface area contributed by atoms with E-state index in [0.717, 1.165) is 22.4 Å². The van der Waals surface area contributed by atoms with Crippen LogP contribution in [-0.4, -0.2) is 16.6 Å². The molecule has 0 spiro atoms. The molecule has 1 aromatic carbocycles. The van der Waals surface area contributed by atoms with Crippen LogP contribution < -0.4 is 4.90 Å². The van der Waals surface area contributed by atoms with E-state index in [9.17, 15) is 0 Å². The summed E-state index contributed by atoms with van der Waals surface area (Å²) in [7, 11) is 4.00. The highest BCUT2D eigenvalue weighted by molar-refractivity contribution is 6.30. The molecule has 0 amide bonds. The third kappa shape index (κ3) is 1.91. The summed E-state index contributed by atoms with van der Waals surface area (Å²) in [6.45, 7) is 1.98. The largest absolute Gasteiger partial charge is 0.330 e. The van der Waals surface area contributed by atoms with Crippen molar-refractivity contribution >= 4 is 23.1 Å². The zero-order valence-electron chi connectivity index (χ0n) is 9.61. The van der Waals surface area contributed by atoms with Crippen molar-refractivity contribution in [2.24, 2.45) is 7.05 Å². The first-order valence-corrected chi connectivity index (χ1v) is 5.45. The normalized spacial score (nSPS) is 10.5. The lowest BCUT2D eigenvalue weighted by Crippen LogP contribution is -2.13. The average Bonchev–Trinajstić information content (AvgIpc) is 2.59. The summed E-state index contributed by atoms with van der Waals surface area (Å²) < 4.78 is 2.04. The number of aromatic nitrogens is 2. The number of rotatable bonds is 2. The zero-order chi connectivity index (χ0) is 11.7. The number of anilines is 2. The van der Waals surface area contributed by atoms with Gasteiger partial charge in [-0.25, -0.2) is 4.98 Å². The van der Waals surface area contributed by atoms with Crippen LogP contribution >= 0.6 is 11.6 Å². The smallest absolute Gasteiger partial charge is 0.132 e. The summed E-state index contributed by atoms with van der Waals surface area (Å²) in [5.74, 6) is 2.03. The highest BCUT2D eigenvalue weighted by atomic mass is 35.5. The highest BCUT2D eigenvalue weighted by Gasteiger charge is 2.09. The third-order valence-corrected chi connectivity index (χ3v) is 2.97. The van der Waals surface area contributed by atoms with E-state index in [-0.39, 0.29) is 0 Å². The first kappa shape index (κ1) is 11.0. The molecule has 1 heterocycles. The lowest BCUT2D eigenvalue weighted by atomic mass is 10.3. The number of hydrogen-bond donors (Lipinski definition) is 0. The molecule has 2 aromatic rings. The summed E-state index contributed by atoms with van der Waals surface area (Å²) >= 11 is 5.97. The van der Waals surface area contributed by atoms with Crippen LogP contribution in [0.2, 0.25) is 5.02 Å². The fraction of sp³-hybridized carbons (Fsp3) is 0.250. The standard InChI is InChI=1S/C12H14ClN3/c1-9-14-8-12(15(9)2)16(3)11-6-4-5-10(13)7-11/h4-8H,1-3H3. The summed E-state index contributed by atoms with van der Waals surface area (Å²) in [4.78, 5) is 6.33. The Bertz CT molecular complexity index is 505. The third-order valence-electron chi connectivity index (χ3n) is 2.74. The molecule has 0 fully saturated rings. The fourth-order valence-corrected chi connectivity index (χ4v) is 1.80. The molecule has 0 radical (unpaired) electrons.